The van der Waals surface area contributed by atoms with Crippen molar-refractivity contribution in [3.63, 3.8) is 0 Å². The molecule has 0 unspecified atom stereocenters. The van der Waals surface area contributed by atoms with E-state index in [2.05, 4.69) is 4.72 Å². The second-order valence-electron chi connectivity index (χ2n) is 4.30. The number of phenolic OH excluding ortho intramolecular Hbond substituents is 1. The molecule has 2 N–H and O–H groups in total. The lowest BCUT2D eigenvalue weighted by Crippen LogP contribution is -2.14. The molecule has 9 heteroatoms. The highest BCUT2D eigenvalue weighted by Crippen LogP contribution is 2.33. The van der Waals surface area contributed by atoms with Gasteiger partial charge in [0.05, 0.1) is 10.6 Å². The Morgan fingerprint density at radius 1 is 1.05 bits per heavy atom. The quantitative estimate of drug-likeness (QED) is 0.825. The Hall–Kier alpha value is -1.93. The first-order valence-electron chi connectivity index (χ1n) is 5.78. The maximum absolute atomic E-state index is 12.5. The molecule has 0 heterocycles. The van der Waals surface area contributed by atoms with Crippen molar-refractivity contribution in [2.45, 2.75) is 11.1 Å². The van der Waals surface area contributed by atoms with Crippen molar-refractivity contribution >= 4 is 27.3 Å². The van der Waals surface area contributed by atoms with Crippen molar-refractivity contribution < 1.29 is 26.7 Å². The summed E-state index contributed by atoms with van der Waals surface area (Å²) in [6, 6.07) is 7.08. The molecule has 0 amide bonds. The summed E-state index contributed by atoms with van der Waals surface area (Å²) in [5, 5.41) is 8.58. The molecule has 2 rings (SSSR count). The summed E-state index contributed by atoms with van der Waals surface area (Å²) in [6.07, 6.45) is -4.61. The molecule has 118 valence electrons. The van der Waals surface area contributed by atoms with Gasteiger partial charge in [-0.1, -0.05) is 11.6 Å². The van der Waals surface area contributed by atoms with E-state index >= 15 is 0 Å². The van der Waals surface area contributed by atoms with Crippen LogP contribution in [0, 0.1) is 0 Å². The van der Waals surface area contributed by atoms with Crippen molar-refractivity contribution in [3.05, 3.63) is 53.1 Å². The first-order chi connectivity index (χ1) is 10.1. The van der Waals surface area contributed by atoms with Crippen LogP contribution < -0.4 is 4.72 Å². The first-order valence-corrected chi connectivity index (χ1v) is 7.64. The van der Waals surface area contributed by atoms with E-state index in [1.54, 1.807) is 0 Å². The molecule has 0 atom stereocenters. The van der Waals surface area contributed by atoms with Crippen molar-refractivity contribution in [1.29, 1.82) is 0 Å². The van der Waals surface area contributed by atoms with Crippen molar-refractivity contribution in [2.24, 2.45) is 0 Å². The molecule has 0 aliphatic rings. The molecule has 2 aromatic carbocycles. The highest BCUT2D eigenvalue weighted by molar-refractivity contribution is 7.92. The standard InChI is InChI=1S/C13H9ClF3NO3S/c14-11-7-8(13(15,16)17)1-6-12(11)22(20,21)18-9-2-4-10(19)5-3-9/h1-7,18-19H. The molecule has 0 bridgehead atoms. The van der Waals surface area contributed by atoms with Crippen LogP contribution in [-0.2, 0) is 16.2 Å². The molecule has 0 spiro atoms. The Labute approximate surface area is 129 Å². The summed E-state index contributed by atoms with van der Waals surface area (Å²) < 4.78 is 64.0. The topological polar surface area (TPSA) is 66.4 Å². The molecular weight excluding hydrogens is 343 g/mol. The summed E-state index contributed by atoms with van der Waals surface area (Å²) in [6.45, 7) is 0. The van der Waals surface area contributed by atoms with Crippen LogP contribution in [-0.4, -0.2) is 13.5 Å². The Balaban J connectivity index is 2.35. The zero-order valence-corrected chi connectivity index (χ0v) is 12.3. The lowest BCUT2D eigenvalue weighted by atomic mass is 10.2. The first kappa shape index (κ1) is 16.4. The molecule has 2 aromatic rings. The monoisotopic (exact) mass is 351 g/mol. The lowest BCUT2D eigenvalue weighted by molar-refractivity contribution is -0.137. The van der Waals surface area contributed by atoms with Crippen LogP contribution in [0.2, 0.25) is 5.02 Å². The summed E-state index contributed by atoms with van der Waals surface area (Å²) in [5.74, 6) is -0.0597. The van der Waals surface area contributed by atoms with Crippen LogP contribution in [0.25, 0.3) is 0 Å². The molecule has 0 saturated heterocycles. The number of sulfonamides is 1. The Bertz CT molecular complexity index is 789. The number of aromatic hydroxyl groups is 1. The number of phenols is 1. The van der Waals surface area contributed by atoms with Crippen molar-refractivity contribution in [1.82, 2.24) is 0 Å². The van der Waals surface area contributed by atoms with E-state index in [0.717, 1.165) is 6.07 Å². The minimum Gasteiger partial charge on any atom is -0.508 e. The second-order valence-corrected chi connectivity index (χ2v) is 6.35. The summed E-state index contributed by atoms with van der Waals surface area (Å²) in [7, 11) is -4.15. The van der Waals surface area contributed by atoms with E-state index in [-0.39, 0.29) is 11.4 Å². The fourth-order valence-electron chi connectivity index (χ4n) is 1.63. The molecule has 0 saturated carbocycles. The number of anilines is 1. The predicted octanol–water partition coefficient (Wildman–Crippen LogP) is 3.87. The average molecular weight is 352 g/mol. The zero-order valence-electron chi connectivity index (χ0n) is 10.7. The van der Waals surface area contributed by atoms with Gasteiger partial charge in [-0.25, -0.2) is 8.42 Å². The molecule has 0 aromatic heterocycles. The summed E-state index contributed by atoms with van der Waals surface area (Å²) >= 11 is 5.65. The predicted molar refractivity (Wildman–Crippen MR) is 75.4 cm³/mol. The van der Waals surface area contributed by atoms with Gasteiger partial charge in [0.2, 0.25) is 0 Å². The van der Waals surface area contributed by atoms with E-state index in [0.29, 0.717) is 12.1 Å². The largest absolute Gasteiger partial charge is 0.508 e. The van der Waals surface area contributed by atoms with Gasteiger partial charge < -0.3 is 5.11 Å². The maximum Gasteiger partial charge on any atom is 0.416 e. The van der Waals surface area contributed by atoms with Crippen LogP contribution >= 0.6 is 11.6 Å². The third-order valence-corrected chi connectivity index (χ3v) is 4.53. The third kappa shape index (κ3) is 3.63. The minimum atomic E-state index is -4.61. The van der Waals surface area contributed by atoms with Crippen LogP contribution in [0.1, 0.15) is 5.56 Å². The average Bonchev–Trinajstić information content (AvgIpc) is 2.39. The third-order valence-electron chi connectivity index (χ3n) is 2.67. The fourth-order valence-corrected chi connectivity index (χ4v) is 3.24. The van der Waals surface area contributed by atoms with Crippen LogP contribution in [0.4, 0.5) is 18.9 Å². The smallest absolute Gasteiger partial charge is 0.416 e. The SMILES string of the molecule is O=S(=O)(Nc1ccc(O)cc1)c1ccc(C(F)(F)F)cc1Cl. The molecular formula is C13H9ClF3NO3S. The second kappa shape index (κ2) is 5.69. The number of halogens is 4. The van der Waals surface area contributed by atoms with Gasteiger partial charge in [0.1, 0.15) is 10.6 Å². The van der Waals surface area contributed by atoms with Crippen molar-refractivity contribution in [3.8, 4) is 5.75 Å². The highest BCUT2D eigenvalue weighted by atomic mass is 35.5. The molecule has 0 aliphatic heterocycles. The van der Waals surface area contributed by atoms with Gasteiger partial charge in [0.15, 0.2) is 0 Å². The molecule has 0 aliphatic carbocycles. The van der Waals surface area contributed by atoms with E-state index < -0.39 is 31.7 Å². The maximum atomic E-state index is 12.5. The van der Waals surface area contributed by atoms with E-state index in [4.69, 9.17) is 16.7 Å². The Morgan fingerprint density at radius 3 is 2.14 bits per heavy atom. The van der Waals surface area contributed by atoms with Gasteiger partial charge in [-0.05, 0) is 42.5 Å². The zero-order chi connectivity index (χ0) is 16.5. The van der Waals surface area contributed by atoms with Gasteiger partial charge >= 0.3 is 6.18 Å². The van der Waals surface area contributed by atoms with Gasteiger partial charge in [-0.15, -0.1) is 0 Å². The van der Waals surface area contributed by atoms with Crippen LogP contribution in [0.15, 0.2) is 47.4 Å². The van der Waals surface area contributed by atoms with Gasteiger partial charge in [0.25, 0.3) is 10.0 Å². The van der Waals surface area contributed by atoms with Crippen molar-refractivity contribution in [2.75, 3.05) is 4.72 Å². The van der Waals surface area contributed by atoms with Gasteiger partial charge in [-0.3, -0.25) is 4.72 Å². The van der Waals surface area contributed by atoms with Gasteiger partial charge in [0, 0.05) is 5.69 Å². The number of hydrogen-bond donors (Lipinski definition) is 2. The Morgan fingerprint density at radius 2 is 1.64 bits per heavy atom. The van der Waals surface area contributed by atoms with E-state index in [1.165, 1.54) is 24.3 Å². The number of rotatable bonds is 3. The molecule has 0 fully saturated rings. The van der Waals surface area contributed by atoms with Gasteiger partial charge in [-0.2, -0.15) is 13.2 Å². The summed E-state index contributed by atoms with van der Waals surface area (Å²) in [4.78, 5) is -0.477. The Kier molecular flexibility index (Phi) is 4.25. The molecule has 0 radical (unpaired) electrons. The summed E-state index contributed by atoms with van der Waals surface area (Å²) in [5.41, 5.74) is -0.908. The number of nitrogens with one attached hydrogen (secondary N) is 1. The molecule has 4 nitrogen and oxygen atoms in total. The van der Waals surface area contributed by atoms with Crippen LogP contribution in [0.3, 0.4) is 0 Å². The lowest BCUT2D eigenvalue weighted by Gasteiger charge is -2.12. The normalized spacial score (nSPS) is 12.2. The number of alkyl halides is 3. The fraction of sp³-hybridized carbons (Fsp3) is 0.0769. The van der Waals surface area contributed by atoms with Crippen LogP contribution in [0.5, 0.6) is 5.75 Å². The molecule has 22 heavy (non-hydrogen) atoms. The van der Waals surface area contributed by atoms with E-state index in [1.807, 2.05) is 0 Å². The number of hydrogen-bond acceptors (Lipinski definition) is 3. The minimum absolute atomic E-state index is 0.0597. The van der Waals surface area contributed by atoms with E-state index in [9.17, 15) is 21.6 Å². The highest BCUT2D eigenvalue weighted by Gasteiger charge is 2.32. The number of benzene rings is 2.